The topological polar surface area (TPSA) is 75.3 Å². The van der Waals surface area contributed by atoms with Gasteiger partial charge in [0.25, 0.3) is 5.71 Å². The van der Waals surface area contributed by atoms with Crippen LogP contribution in [0.15, 0.2) is 10.9 Å². The van der Waals surface area contributed by atoms with E-state index < -0.39 is 18.2 Å². The first-order valence-corrected chi connectivity index (χ1v) is 6.93. The van der Waals surface area contributed by atoms with E-state index in [9.17, 15) is 18.3 Å². The molecule has 1 aliphatic heterocycles. The second kappa shape index (κ2) is 5.08. The van der Waals surface area contributed by atoms with Crippen LogP contribution in [0.5, 0.6) is 0 Å². The van der Waals surface area contributed by atoms with Gasteiger partial charge in [-0.3, -0.25) is 0 Å². The summed E-state index contributed by atoms with van der Waals surface area (Å²) in [5, 5.41) is 14.3. The predicted molar refractivity (Wildman–Crippen MR) is 71.4 cm³/mol. The van der Waals surface area contributed by atoms with Gasteiger partial charge in [0.1, 0.15) is 17.5 Å². The molecule has 9 heteroatoms. The third kappa shape index (κ3) is 2.39. The molecule has 3 rings (SSSR count). The molecule has 0 spiro atoms. The van der Waals surface area contributed by atoms with Gasteiger partial charge in [-0.05, 0) is 19.8 Å². The van der Waals surface area contributed by atoms with Crippen molar-refractivity contribution in [3.8, 4) is 0 Å². The minimum Gasteiger partial charge on any atom is -0.380 e. The van der Waals surface area contributed by atoms with E-state index in [4.69, 9.17) is 4.52 Å². The first-order valence-electron chi connectivity index (χ1n) is 6.93. The molecule has 22 heavy (non-hydrogen) atoms. The summed E-state index contributed by atoms with van der Waals surface area (Å²) in [4.78, 5) is 9.84. The van der Waals surface area contributed by atoms with Gasteiger partial charge in [-0.25, -0.2) is 4.98 Å². The van der Waals surface area contributed by atoms with Crippen molar-refractivity contribution in [2.75, 3.05) is 18.0 Å². The fraction of sp³-hybridized carbons (Fsp3) is 0.615. The Morgan fingerprint density at radius 1 is 1.27 bits per heavy atom. The van der Waals surface area contributed by atoms with Crippen molar-refractivity contribution in [2.45, 2.75) is 38.0 Å². The second-order valence-corrected chi connectivity index (χ2v) is 5.52. The highest BCUT2D eigenvalue weighted by molar-refractivity contribution is 5.87. The Hall–Kier alpha value is -1.90. The van der Waals surface area contributed by atoms with Crippen LogP contribution >= 0.6 is 0 Å². The summed E-state index contributed by atoms with van der Waals surface area (Å²) < 4.78 is 44.0. The van der Waals surface area contributed by atoms with Gasteiger partial charge in [-0.2, -0.15) is 18.2 Å². The Balaban J connectivity index is 1.92. The maximum atomic E-state index is 13.0. The van der Waals surface area contributed by atoms with E-state index in [-0.39, 0.29) is 19.4 Å². The quantitative estimate of drug-likeness (QED) is 0.869. The molecule has 1 saturated heterocycles. The Kier molecular flexibility index (Phi) is 3.47. The van der Waals surface area contributed by atoms with E-state index in [0.717, 1.165) is 0 Å². The van der Waals surface area contributed by atoms with Gasteiger partial charge in [0.15, 0.2) is 5.60 Å². The van der Waals surface area contributed by atoms with Crippen molar-refractivity contribution >= 4 is 16.9 Å². The molecule has 1 N–H and O–H groups in total. The van der Waals surface area contributed by atoms with Crippen LogP contribution in [0.25, 0.3) is 11.1 Å². The number of aryl methyl sites for hydroxylation is 1. The molecule has 0 bridgehead atoms. The van der Waals surface area contributed by atoms with E-state index in [2.05, 4.69) is 15.1 Å². The number of hydrogen-bond donors (Lipinski definition) is 1. The first-order chi connectivity index (χ1) is 10.3. The second-order valence-electron chi connectivity index (χ2n) is 5.52. The molecule has 0 amide bonds. The zero-order valence-electron chi connectivity index (χ0n) is 11.9. The standard InChI is InChI=1S/C13H15F3N4O2/c1-8-9-10(17-7-18-11(9)22-19-8)20-5-2-3-12(21,4-6-20)13(14,15)16/h7,21H,2-6H2,1H3. The monoisotopic (exact) mass is 316 g/mol. The summed E-state index contributed by atoms with van der Waals surface area (Å²) in [5.74, 6) is 0.496. The van der Waals surface area contributed by atoms with Crippen LogP contribution in [-0.4, -0.2) is 45.1 Å². The molecule has 2 aromatic heterocycles. The minimum absolute atomic E-state index is 0.0484. The van der Waals surface area contributed by atoms with E-state index in [1.165, 1.54) is 6.33 Å². The number of anilines is 1. The minimum atomic E-state index is -4.63. The number of halogens is 3. The Bertz CT molecular complexity index is 687. The molecular weight excluding hydrogens is 301 g/mol. The summed E-state index contributed by atoms with van der Waals surface area (Å²) in [7, 11) is 0. The van der Waals surface area contributed by atoms with Gasteiger partial charge in [0, 0.05) is 19.5 Å². The van der Waals surface area contributed by atoms with Crippen LogP contribution in [0.4, 0.5) is 19.0 Å². The first kappa shape index (κ1) is 15.0. The molecule has 2 aromatic rings. The van der Waals surface area contributed by atoms with Crippen LogP contribution in [0.3, 0.4) is 0 Å². The fourth-order valence-corrected chi connectivity index (χ4v) is 2.76. The summed E-state index contributed by atoms with van der Waals surface area (Å²) in [5.41, 5.74) is -1.75. The van der Waals surface area contributed by atoms with E-state index in [1.807, 2.05) is 0 Å². The number of hydrogen-bond acceptors (Lipinski definition) is 6. The Morgan fingerprint density at radius 2 is 2.05 bits per heavy atom. The van der Waals surface area contributed by atoms with Gasteiger partial charge in [-0.15, -0.1) is 0 Å². The maximum Gasteiger partial charge on any atom is 0.417 e. The lowest BCUT2D eigenvalue weighted by molar-refractivity contribution is -0.263. The average molecular weight is 316 g/mol. The number of rotatable bonds is 1. The largest absolute Gasteiger partial charge is 0.417 e. The van der Waals surface area contributed by atoms with Crippen LogP contribution in [0, 0.1) is 6.92 Å². The molecule has 1 atom stereocenters. The third-order valence-corrected chi connectivity index (χ3v) is 4.06. The SMILES string of the molecule is Cc1noc2ncnc(N3CCCC(O)(C(F)(F)F)CC3)c12. The van der Waals surface area contributed by atoms with Gasteiger partial charge < -0.3 is 14.5 Å². The van der Waals surface area contributed by atoms with Gasteiger partial charge in [0.05, 0.1) is 5.69 Å². The van der Waals surface area contributed by atoms with Crippen LogP contribution in [0.1, 0.15) is 25.0 Å². The van der Waals surface area contributed by atoms with E-state index in [1.54, 1.807) is 11.8 Å². The van der Waals surface area contributed by atoms with E-state index >= 15 is 0 Å². The smallest absolute Gasteiger partial charge is 0.380 e. The molecule has 0 saturated carbocycles. The van der Waals surface area contributed by atoms with Gasteiger partial charge >= 0.3 is 6.18 Å². The molecule has 1 fully saturated rings. The summed E-state index contributed by atoms with van der Waals surface area (Å²) >= 11 is 0. The number of alkyl halides is 3. The van der Waals surface area contributed by atoms with Crippen molar-refractivity contribution in [3.63, 3.8) is 0 Å². The van der Waals surface area contributed by atoms with Gasteiger partial charge in [-0.1, -0.05) is 5.16 Å². The lowest BCUT2D eigenvalue weighted by Gasteiger charge is -2.29. The Morgan fingerprint density at radius 3 is 2.77 bits per heavy atom. The van der Waals surface area contributed by atoms with Crippen molar-refractivity contribution < 1.29 is 22.8 Å². The molecule has 120 valence electrons. The molecule has 0 aromatic carbocycles. The summed E-state index contributed by atoms with van der Waals surface area (Å²) in [6.45, 7) is 2.14. The highest BCUT2D eigenvalue weighted by Gasteiger charge is 2.53. The average Bonchev–Trinajstić information content (AvgIpc) is 2.71. The molecule has 0 radical (unpaired) electrons. The van der Waals surface area contributed by atoms with Gasteiger partial charge in [0.2, 0.25) is 0 Å². The zero-order valence-corrected chi connectivity index (χ0v) is 11.9. The fourth-order valence-electron chi connectivity index (χ4n) is 2.76. The molecule has 0 aliphatic carbocycles. The highest BCUT2D eigenvalue weighted by atomic mass is 19.4. The summed E-state index contributed by atoms with van der Waals surface area (Å²) in [6.07, 6.45) is -3.83. The lowest BCUT2D eigenvalue weighted by Crippen LogP contribution is -2.45. The van der Waals surface area contributed by atoms with Crippen LogP contribution < -0.4 is 4.90 Å². The van der Waals surface area contributed by atoms with Crippen LogP contribution in [0.2, 0.25) is 0 Å². The number of nitrogens with zero attached hydrogens (tertiary/aromatic N) is 4. The molecule has 1 aliphatic rings. The van der Waals surface area contributed by atoms with Crippen LogP contribution in [-0.2, 0) is 0 Å². The van der Waals surface area contributed by atoms with Crippen molar-refractivity contribution in [1.82, 2.24) is 15.1 Å². The maximum absolute atomic E-state index is 13.0. The van der Waals surface area contributed by atoms with Crippen molar-refractivity contribution in [1.29, 1.82) is 0 Å². The Labute approximate surface area is 123 Å². The normalized spacial score (nSPS) is 23.8. The molecular formula is C13H15F3N4O2. The molecule has 1 unspecified atom stereocenters. The number of fused-ring (bicyclic) bond motifs is 1. The highest BCUT2D eigenvalue weighted by Crippen LogP contribution is 2.39. The third-order valence-electron chi connectivity index (χ3n) is 4.06. The predicted octanol–water partition coefficient (Wildman–Crippen LogP) is 2.21. The van der Waals surface area contributed by atoms with Crippen molar-refractivity contribution in [3.05, 3.63) is 12.0 Å². The zero-order chi connectivity index (χ0) is 16.0. The number of aliphatic hydroxyl groups is 1. The molecule has 3 heterocycles. The van der Waals surface area contributed by atoms with E-state index in [0.29, 0.717) is 29.2 Å². The summed E-state index contributed by atoms with van der Waals surface area (Å²) in [6, 6.07) is 0. The number of aromatic nitrogens is 3. The van der Waals surface area contributed by atoms with Crippen molar-refractivity contribution in [2.24, 2.45) is 0 Å². The lowest BCUT2D eigenvalue weighted by atomic mass is 9.94. The molecule has 6 nitrogen and oxygen atoms in total.